The molecule has 1 fully saturated rings. The number of hydrogen-bond acceptors (Lipinski definition) is 7. The molecule has 1 N–H and O–H groups in total. The number of oxime groups is 1. The zero-order valence-electron chi connectivity index (χ0n) is 18.2. The number of piperidine rings is 1. The molecule has 1 aromatic heterocycles. The van der Waals surface area contributed by atoms with Crippen molar-refractivity contribution in [2.75, 3.05) is 18.4 Å². The Hall–Kier alpha value is -3.21. The summed E-state index contributed by atoms with van der Waals surface area (Å²) in [6.45, 7) is 0.654. The molecule has 1 spiro atoms. The molecule has 0 bridgehead atoms. The normalized spacial score (nSPS) is 17.7. The molecule has 2 aliphatic heterocycles. The highest BCUT2D eigenvalue weighted by Crippen LogP contribution is 2.37. The van der Waals surface area contributed by atoms with Gasteiger partial charge in [0.05, 0.1) is 0 Å². The lowest BCUT2D eigenvalue weighted by molar-refractivity contribution is -0.110. The Morgan fingerprint density at radius 2 is 1.71 bits per heavy atom. The van der Waals surface area contributed by atoms with Gasteiger partial charge in [-0.2, -0.15) is 4.31 Å². The van der Waals surface area contributed by atoms with Crippen LogP contribution in [0.5, 0.6) is 11.5 Å². The molecule has 1 amide bonds. The average molecular weight is 498 g/mol. The molecule has 2 aliphatic rings. The van der Waals surface area contributed by atoms with E-state index in [1.54, 1.807) is 41.8 Å². The molecular weight excluding hydrogens is 474 g/mol. The Labute approximate surface area is 201 Å². The summed E-state index contributed by atoms with van der Waals surface area (Å²) in [6, 6.07) is 19.9. The van der Waals surface area contributed by atoms with Gasteiger partial charge in [0.15, 0.2) is 0 Å². The van der Waals surface area contributed by atoms with Crippen LogP contribution in [0.4, 0.5) is 5.69 Å². The number of sulfonamides is 1. The summed E-state index contributed by atoms with van der Waals surface area (Å²) >= 11 is 1.21. The standard InChI is InChI=1S/C24H23N3O5S2/c28-23(25-18-8-10-20(11-9-18)31-19-5-2-1-3-6-19)21-17-24(32-26-21)12-14-27(15-13-24)34(29,30)22-7-4-16-33-22/h1-11,16H,12-15,17H2,(H,25,28). The van der Waals surface area contributed by atoms with Crippen LogP contribution in [0.15, 0.2) is 81.5 Å². The number of carbonyl (C=O) groups excluding carboxylic acids is 1. The first-order valence-corrected chi connectivity index (χ1v) is 13.2. The van der Waals surface area contributed by atoms with Crippen LogP contribution >= 0.6 is 11.3 Å². The first-order chi connectivity index (χ1) is 16.4. The minimum absolute atomic E-state index is 0.305. The van der Waals surface area contributed by atoms with Crippen molar-refractivity contribution in [2.45, 2.75) is 29.1 Å². The predicted molar refractivity (Wildman–Crippen MR) is 130 cm³/mol. The van der Waals surface area contributed by atoms with Crippen LogP contribution in [-0.4, -0.2) is 43.0 Å². The second-order valence-electron chi connectivity index (χ2n) is 8.22. The van der Waals surface area contributed by atoms with E-state index in [-0.39, 0.29) is 5.91 Å². The number of carbonyl (C=O) groups is 1. The van der Waals surface area contributed by atoms with Crippen molar-refractivity contribution >= 4 is 38.7 Å². The highest BCUT2D eigenvalue weighted by atomic mass is 32.2. The van der Waals surface area contributed by atoms with Crippen LogP contribution in [0.25, 0.3) is 0 Å². The van der Waals surface area contributed by atoms with Crippen molar-refractivity contribution in [1.82, 2.24) is 4.31 Å². The quantitative estimate of drug-likeness (QED) is 0.542. The number of hydrogen-bond donors (Lipinski definition) is 1. The molecule has 8 nitrogen and oxygen atoms in total. The van der Waals surface area contributed by atoms with Gasteiger partial charge in [-0.15, -0.1) is 11.3 Å². The lowest BCUT2D eigenvalue weighted by Gasteiger charge is -2.36. The van der Waals surface area contributed by atoms with Gasteiger partial charge < -0.3 is 14.9 Å². The third kappa shape index (κ3) is 4.70. The van der Waals surface area contributed by atoms with Crippen LogP contribution in [0.2, 0.25) is 0 Å². The molecule has 2 aromatic carbocycles. The molecule has 0 unspecified atom stereocenters. The molecule has 176 valence electrons. The summed E-state index contributed by atoms with van der Waals surface area (Å²) in [4.78, 5) is 18.4. The number of ether oxygens (including phenoxy) is 1. The summed E-state index contributed by atoms with van der Waals surface area (Å²) in [7, 11) is -3.49. The Bertz CT molecular complexity index is 1280. The van der Waals surface area contributed by atoms with E-state index in [0.717, 1.165) is 5.75 Å². The Morgan fingerprint density at radius 3 is 2.38 bits per heavy atom. The maximum absolute atomic E-state index is 12.7. The fourth-order valence-electron chi connectivity index (χ4n) is 4.02. The topological polar surface area (TPSA) is 97.3 Å². The molecular formula is C24H23N3O5S2. The minimum atomic E-state index is -3.49. The van der Waals surface area contributed by atoms with E-state index >= 15 is 0 Å². The first kappa shape index (κ1) is 22.6. The largest absolute Gasteiger partial charge is 0.457 e. The number of nitrogens with one attached hydrogen (secondary N) is 1. The van der Waals surface area contributed by atoms with Gasteiger partial charge in [-0.1, -0.05) is 29.4 Å². The van der Waals surface area contributed by atoms with Crippen LogP contribution < -0.4 is 10.1 Å². The van der Waals surface area contributed by atoms with Gasteiger partial charge in [0.2, 0.25) is 0 Å². The van der Waals surface area contributed by atoms with Gasteiger partial charge in [0.25, 0.3) is 15.9 Å². The van der Waals surface area contributed by atoms with Crippen LogP contribution in [0.1, 0.15) is 19.3 Å². The molecule has 34 heavy (non-hydrogen) atoms. The molecule has 5 rings (SSSR count). The number of para-hydroxylation sites is 1. The second kappa shape index (κ2) is 9.21. The third-order valence-electron chi connectivity index (χ3n) is 5.92. The van der Waals surface area contributed by atoms with Gasteiger partial charge in [0, 0.05) is 38.0 Å². The third-order valence-corrected chi connectivity index (χ3v) is 9.19. The molecule has 3 aromatic rings. The van der Waals surface area contributed by atoms with Gasteiger partial charge in [-0.3, -0.25) is 4.79 Å². The van der Waals surface area contributed by atoms with Gasteiger partial charge in [-0.05, 0) is 47.8 Å². The molecule has 0 radical (unpaired) electrons. The van der Waals surface area contributed by atoms with Crippen LogP contribution in [0.3, 0.4) is 0 Å². The smallest absolute Gasteiger partial charge is 0.273 e. The maximum Gasteiger partial charge on any atom is 0.273 e. The molecule has 0 saturated carbocycles. The molecule has 3 heterocycles. The monoisotopic (exact) mass is 497 g/mol. The number of benzene rings is 2. The van der Waals surface area contributed by atoms with E-state index in [0.29, 0.717) is 53.7 Å². The van der Waals surface area contributed by atoms with Crippen molar-refractivity contribution in [3.05, 3.63) is 72.1 Å². The minimum Gasteiger partial charge on any atom is -0.457 e. The fraction of sp³-hybridized carbons (Fsp3) is 0.250. The lowest BCUT2D eigenvalue weighted by atomic mass is 9.87. The zero-order valence-corrected chi connectivity index (χ0v) is 19.8. The van der Waals surface area contributed by atoms with Gasteiger partial charge in [0.1, 0.15) is 27.0 Å². The van der Waals surface area contributed by atoms with Gasteiger partial charge in [-0.25, -0.2) is 8.42 Å². The summed E-state index contributed by atoms with van der Waals surface area (Å²) in [5.74, 6) is 1.06. The number of anilines is 1. The molecule has 0 atom stereocenters. The van der Waals surface area contributed by atoms with E-state index in [4.69, 9.17) is 9.57 Å². The highest BCUT2D eigenvalue weighted by molar-refractivity contribution is 7.91. The molecule has 10 heteroatoms. The lowest BCUT2D eigenvalue weighted by Crippen LogP contribution is -2.47. The van der Waals surface area contributed by atoms with Crippen molar-refractivity contribution in [1.29, 1.82) is 0 Å². The van der Waals surface area contributed by atoms with Crippen molar-refractivity contribution in [3.63, 3.8) is 0 Å². The first-order valence-electron chi connectivity index (χ1n) is 10.9. The van der Waals surface area contributed by atoms with E-state index in [9.17, 15) is 13.2 Å². The second-order valence-corrected chi connectivity index (χ2v) is 11.3. The summed E-state index contributed by atoms with van der Waals surface area (Å²) in [6.07, 6.45) is 1.30. The summed E-state index contributed by atoms with van der Waals surface area (Å²) in [5.41, 5.74) is 0.284. The predicted octanol–water partition coefficient (Wildman–Crippen LogP) is 4.48. The SMILES string of the molecule is O=C(Nc1ccc(Oc2ccccc2)cc1)C1=NOC2(CCN(S(=O)(=O)c3cccs3)CC2)C1. The number of thiophene rings is 1. The number of rotatable bonds is 6. The number of amides is 1. The summed E-state index contributed by atoms with van der Waals surface area (Å²) in [5, 5.41) is 8.62. The van der Waals surface area contributed by atoms with E-state index in [2.05, 4.69) is 10.5 Å². The Morgan fingerprint density at radius 1 is 1.00 bits per heavy atom. The molecule has 1 saturated heterocycles. The van der Waals surface area contributed by atoms with Gasteiger partial charge >= 0.3 is 0 Å². The fourth-order valence-corrected chi connectivity index (χ4v) is 6.60. The Kier molecular flexibility index (Phi) is 6.11. The van der Waals surface area contributed by atoms with Crippen molar-refractivity contribution in [2.24, 2.45) is 5.16 Å². The van der Waals surface area contributed by atoms with Crippen molar-refractivity contribution < 1.29 is 22.8 Å². The highest BCUT2D eigenvalue weighted by Gasteiger charge is 2.46. The summed E-state index contributed by atoms with van der Waals surface area (Å²) < 4.78 is 33.1. The maximum atomic E-state index is 12.7. The van der Waals surface area contributed by atoms with E-state index in [1.165, 1.54) is 15.6 Å². The van der Waals surface area contributed by atoms with Crippen LogP contribution in [0, 0.1) is 0 Å². The van der Waals surface area contributed by atoms with Crippen molar-refractivity contribution in [3.8, 4) is 11.5 Å². The van der Waals surface area contributed by atoms with E-state index < -0.39 is 15.6 Å². The average Bonchev–Trinajstić information content (AvgIpc) is 3.53. The zero-order chi connectivity index (χ0) is 23.6. The molecule has 0 aliphatic carbocycles. The Balaban J connectivity index is 1.15. The van der Waals surface area contributed by atoms with Crippen LogP contribution in [-0.2, 0) is 19.7 Å². The van der Waals surface area contributed by atoms with E-state index in [1.807, 2.05) is 30.3 Å². The number of nitrogens with zero attached hydrogens (tertiary/aromatic N) is 2.